The molecule has 0 radical (unpaired) electrons. The Hall–Kier alpha value is -7.37. The van der Waals surface area contributed by atoms with Crippen LogP contribution in [-0.2, 0) is 18.5 Å². The molecule has 2 N–H and O–H groups in total. The van der Waals surface area contributed by atoms with Gasteiger partial charge in [0.1, 0.15) is 5.65 Å². The van der Waals surface area contributed by atoms with Crippen LogP contribution in [0.25, 0.3) is 78.8 Å². The fourth-order valence-corrected chi connectivity index (χ4v) is 10.7. The van der Waals surface area contributed by atoms with Gasteiger partial charge in [-0.25, -0.2) is 4.98 Å². The van der Waals surface area contributed by atoms with Gasteiger partial charge in [-0.2, -0.15) is 0 Å². The molecule has 57 heavy (non-hydrogen) atoms. The van der Waals surface area contributed by atoms with E-state index in [-0.39, 0.29) is 0 Å². The first-order chi connectivity index (χ1) is 28.3. The van der Waals surface area contributed by atoms with E-state index in [1.165, 1.54) is 94.7 Å². The highest BCUT2D eigenvalue weighted by Crippen LogP contribution is 2.64. The molecule has 5 nitrogen and oxygen atoms in total. The Morgan fingerprint density at radius 1 is 0.474 bits per heavy atom. The molecule has 0 bridgehead atoms. The third kappa shape index (κ3) is 3.95. The average Bonchev–Trinajstić information content (AvgIpc) is 3.99. The molecule has 6 aromatic carbocycles. The summed E-state index contributed by atoms with van der Waals surface area (Å²) in [6.45, 7) is 1.62. The second-order valence-corrected chi connectivity index (χ2v) is 15.6. The predicted molar refractivity (Wildman–Crippen MR) is 231 cm³/mol. The van der Waals surface area contributed by atoms with Crippen LogP contribution in [-0.4, -0.2) is 14.1 Å². The molecule has 2 aliphatic carbocycles. The smallest absolute Gasteiger partial charge is 0.145 e. The van der Waals surface area contributed by atoms with Crippen molar-refractivity contribution < 1.29 is 0 Å². The van der Waals surface area contributed by atoms with E-state index in [2.05, 4.69) is 190 Å². The van der Waals surface area contributed by atoms with Crippen LogP contribution in [0.2, 0.25) is 0 Å². The molecule has 9 aromatic rings. The SMILES string of the molecule is C1=Cc2c3c(n(-c4ccc(-c5ccc(-n6c7ncccc7c7ccc8c(c76)-c6ccccc6C86c7ccccc7-c7ccccc76)cc5)cc4)c2CN1)CNC=C3. The lowest BCUT2D eigenvalue weighted by molar-refractivity contribution is 0.745. The number of hydrogen-bond donors (Lipinski definition) is 2. The van der Waals surface area contributed by atoms with Crippen molar-refractivity contribution in [3.05, 3.63) is 209 Å². The van der Waals surface area contributed by atoms with Crippen LogP contribution in [0.1, 0.15) is 44.8 Å². The van der Waals surface area contributed by atoms with Crippen LogP contribution in [0.3, 0.4) is 0 Å². The summed E-state index contributed by atoms with van der Waals surface area (Å²) in [4.78, 5) is 5.06. The Bertz CT molecular complexity index is 3140. The van der Waals surface area contributed by atoms with Gasteiger partial charge < -0.3 is 15.2 Å². The maximum Gasteiger partial charge on any atom is 0.145 e. The largest absolute Gasteiger partial charge is 0.385 e. The van der Waals surface area contributed by atoms with Crippen LogP contribution in [0.15, 0.2) is 164 Å². The molecule has 0 fully saturated rings. The standard InChI is InChI=1S/C52H35N5/c1-4-12-43-36(8-1)37-9-2-5-13-44(37)52(43)45-14-6-3-10-42(45)49-46(52)24-23-40-41-11-7-27-55-51(41)57(50(40)49)35-21-17-33(18-22-35)32-15-19-34(20-16-32)56-47-30-53-28-25-38(47)39-26-29-54-31-48(39)56/h1-29,53-54H,30-31H2. The molecular formula is C52H35N5. The monoisotopic (exact) mass is 729 g/mol. The van der Waals surface area contributed by atoms with Crippen LogP contribution in [0.4, 0.5) is 0 Å². The summed E-state index contributed by atoms with van der Waals surface area (Å²) in [6.07, 6.45) is 10.4. The van der Waals surface area contributed by atoms with Crippen molar-refractivity contribution in [2.45, 2.75) is 18.5 Å². The minimum atomic E-state index is -0.405. The van der Waals surface area contributed by atoms with Gasteiger partial charge in [-0.3, -0.25) is 4.57 Å². The lowest BCUT2D eigenvalue weighted by atomic mass is 9.70. The first-order valence-corrected chi connectivity index (χ1v) is 19.8. The van der Waals surface area contributed by atoms with Crippen molar-refractivity contribution in [3.8, 4) is 44.8 Å². The molecule has 268 valence electrons. The summed E-state index contributed by atoms with van der Waals surface area (Å²) in [7, 11) is 0. The minimum absolute atomic E-state index is 0.405. The average molecular weight is 730 g/mol. The van der Waals surface area contributed by atoms with Gasteiger partial charge in [0.05, 0.1) is 35.4 Å². The summed E-state index contributed by atoms with van der Waals surface area (Å²) >= 11 is 0. The lowest BCUT2D eigenvalue weighted by Gasteiger charge is -2.30. The van der Waals surface area contributed by atoms with E-state index in [0.29, 0.717) is 0 Å². The molecule has 5 heteroatoms. The second kappa shape index (κ2) is 11.3. The van der Waals surface area contributed by atoms with Crippen molar-refractivity contribution in [2.24, 2.45) is 0 Å². The Kier molecular flexibility index (Phi) is 6.15. The number of aromatic nitrogens is 3. The topological polar surface area (TPSA) is 46.8 Å². The molecular weight excluding hydrogens is 695 g/mol. The summed E-state index contributed by atoms with van der Waals surface area (Å²) < 4.78 is 4.82. The van der Waals surface area contributed by atoms with Crippen LogP contribution < -0.4 is 10.6 Å². The number of nitrogens with one attached hydrogen (secondary N) is 2. The highest BCUT2D eigenvalue weighted by Gasteiger charge is 2.52. The quantitative estimate of drug-likeness (QED) is 0.190. The van der Waals surface area contributed by atoms with Crippen LogP contribution in [0.5, 0.6) is 0 Å². The van der Waals surface area contributed by atoms with Gasteiger partial charge in [0.2, 0.25) is 0 Å². The third-order valence-corrected chi connectivity index (χ3v) is 13.0. The fourth-order valence-electron chi connectivity index (χ4n) is 10.7. The van der Waals surface area contributed by atoms with Gasteiger partial charge in [0.15, 0.2) is 0 Å². The first kappa shape index (κ1) is 30.9. The molecule has 2 aliphatic heterocycles. The number of hydrogen-bond acceptors (Lipinski definition) is 3. The van der Waals surface area contributed by atoms with Crippen molar-refractivity contribution >= 4 is 34.1 Å². The number of benzene rings is 6. The zero-order chi connectivity index (χ0) is 37.2. The lowest BCUT2D eigenvalue weighted by Crippen LogP contribution is -2.25. The summed E-state index contributed by atoms with van der Waals surface area (Å²) in [6, 6.07) is 54.2. The van der Waals surface area contributed by atoms with E-state index < -0.39 is 5.41 Å². The van der Waals surface area contributed by atoms with E-state index in [0.717, 1.165) is 29.8 Å². The summed E-state index contributed by atoms with van der Waals surface area (Å²) in [5.74, 6) is 0. The number of fused-ring (bicyclic) bond motifs is 17. The molecule has 0 saturated carbocycles. The van der Waals surface area contributed by atoms with E-state index >= 15 is 0 Å². The van der Waals surface area contributed by atoms with Crippen molar-refractivity contribution in [2.75, 3.05) is 0 Å². The van der Waals surface area contributed by atoms with Crippen molar-refractivity contribution in [1.82, 2.24) is 24.8 Å². The molecule has 13 rings (SSSR count). The zero-order valence-electron chi connectivity index (χ0n) is 31.0. The number of pyridine rings is 1. The second-order valence-electron chi connectivity index (χ2n) is 15.6. The fraction of sp³-hybridized carbons (Fsp3) is 0.0577. The van der Waals surface area contributed by atoms with E-state index in [4.69, 9.17) is 4.98 Å². The van der Waals surface area contributed by atoms with Gasteiger partial charge in [-0.05, 0) is 111 Å². The zero-order valence-corrected chi connectivity index (χ0v) is 31.0. The van der Waals surface area contributed by atoms with Crippen LogP contribution >= 0.6 is 0 Å². The Balaban J connectivity index is 0.978. The van der Waals surface area contributed by atoms with Gasteiger partial charge in [0, 0.05) is 45.0 Å². The maximum absolute atomic E-state index is 5.06. The van der Waals surface area contributed by atoms with E-state index in [1.807, 2.05) is 6.20 Å². The Morgan fingerprint density at radius 3 is 1.63 bits per heavy atom. The minimum Gasteiger partial charge on any atom is -0.385 e. The summed E-state index contributed by atoms with van der Waals surface area (Å²) in [5.41, 5.74) is 22.2. The summed E-state index contributed by atoms with van der Waals surface area (Å²) in [5, 5.41) is 9.22. The highest BCUT2D eigenvalue weighted by molar-refractivity contribution is 6.15. The van der Waals surface area contributed by atoms with E-state index in [1.54, 1.807) is 0 Å². The third-order valence-electron chi connectivity index (χ3n) is 13.0. The Morgan fingerprint density at radius 2 is 1.02 bits per heavy atom. The molecule has 5 heterocycles. The molecule has 0 saturated heterocycles. The first-order valence-electron chi connectivity index (χ1n) is 19.8. The molecule has 0 unspecified atom stereocenters. The molecule has 0 amide bonds. The predicted octanol–water partition coefficient (Wildman–Crippen LogP) is 11.1. The Labute approximate surface area is 329 Å². The molecule has 4 aliphatic rings. The van der Waals surface area contributed by atoms with Crippen molar-refractivity contribution in [1.29, 1.82) is 0 Å². The number of nitrogens with zero attached hydrogens (tertiary/aromatic N) is 3. The molecule has 3 aromatic heterocycles. The molecule has 0 atom stereocenters. The number of rotatable bonds is 3. The maximum atomic E-state index is 5.06. The highest BCUT2D eigenvalue weighted by atomic mass is 15.1. The van der Waals surface area contributed by atoms with Gasteiger partial charge in [-0.1, -0.05) is 109 Å². The molecule has 1 spiro atoms. The van der Waals surface area contributed by atoms with Gasteiger partial charge in [0.25, 0.3) is 0 Å². The van der Waals surface area contributed by atoms with E-state index in [9.17, 15) is 0 Å². The van der Waals surface area contributed by atoms with Crippen LogP contribution in [0, 0.1) is 0 Å². The van der Waals surface area contributed by atoms with Gasteiger partial charge >= 0.3 is 0 Å². The van der Waals surface area contributed by atoms with Gasteiger partial charge in [-0.15, -0.1) is 0 Å². The normalized spacial score (nSPS) is 14.8. The van der Waals surface area contributed by atoms with Crippen molar-refractivity contribution in [3.63, 3.8) is 0 Å².